The van der Waals surface area contributed by atoms with E-state index in [1.807, 2.05) is 0 Å². The average Bonchev–Trinajstić information content (AvgIpc) is 2.78. The summed E-state index contributed by atoms with van der Waals surface area (Å²) in [7, 11) is 0. The van der Waals surface area contributed by atoms with E-state index in [9.17, 15) is 19.5 Å². The number of hydrogen-bond donors (Lipinski definition) is 4. The topological polar surface area (TPSA) is 120 Å². The molecule has 0 unspecified atom stereocenters. The predicted molar refractivity (Wildman–Crippen MR) is 126 cm³/mol. The van der Waals surface area contributed by atoms with Gasteiger partial charge in [-0.2, -0.15) is 5.10 Å². The Morgan fingerprint density at radius 2 is 1.66 bits per heavy atom. The van der Waals surface area contributed by atoms with Crippen LogP contribution in [-0.4, -0.2) is 29.0 Å². The Kier molecular flexibility index (Phi) is 7.58. The minimum absolute atomic E-state index is 0.0451. The fourth-order valence-corrected chi connectivity index (χ4v) is 3.05. The molecule has 0 radical (unpaired) electrons. The van der Waals surface area contributed by atoms with Gasteiger partial charge in [-0.3, -0.25) is 14.4 Å². The summed E-state index contributed by atoms with van der Waals surface area (Å²) in [6, 6.07) is 17.4. The molecule has 0 spiro atoms. The molecule has 162 valence electrons. The van der Waals surface area contributed by atoms with Gasteiger partial charge in [-0.25, -0.2) is 5.43 Å². The number of nitrogens with one attached hydrogen (secondary N) is 3. The Morgan fingerprint density at radius 1 is 0.938 bits per heavy atom. The summed E-state index contributed by atoms with van der Waals surface area (Å²) in [6.45, 7) is 0. The van der Waals surface area contributed by atoms with Crippen molar-refractivity contribution >= 4 is 62.8 Å². The molecule has 0 atom stereocenters. The van der Waals surface area contributed by atoms with Crippen molar-refractivity contribution in [3.05, 3.63) is 87.4 Å². The van der Waals surface area contributed by atoms with Crippen molar-refractivity contribution < 1.29 is 19.5 Å². The molecule has 32 heavy (non-hydrogen) atoms. The summed E-state index contributed by atoms with van der Waals surface area (Å²) < 4.78 is 0.703. The number of rotatable bonds is 5. The summed E-state index contributed by atoms with van der Waals surface area (Å²) >= 11 is 9.10. The van der Waals surface area contributed by atoms with E-state index in [0.717, 1.165) is 0 Å². The maximum absolute atomic E-state index is 12.6. The second kappa shape index (κ2) is 10.6. The summed E-state index contributed by atoms with van der Waals surface area (Å²) in [5, 5.41) is 19.0. The van der Waals surface area contributed by atoms with Crippen LogP contribution in [0.4, 0.5) is 11.4 Å². The van der Waals surface area contributed by atoms with Gasteiger partial charge in [0, 0.05) is 20.7 Å². The molecular weight excluding hydrogens is 500 g/mol. The molecule has 4 N–H and O–H groups in total. The van der Waals surface area contributed by atoms with E-state index in [-0.39, 0.29) is 17.0 Å². The molecule has 3 aromatic rings. The zero-order chi connectivity index (χ0) is 23.1. The number of amides is 3. The zero-order valence-electron chi connectivity index (χ0n) is 16.3. The van der Waals surface area contributed by atoms with Gasteiger partial charge in [0.25, 0.3) is 5.91 Å². The van der Waals surface area contributed by atoms with Gasteiger partial charge in [-0.15, -0.1) is 0 Å². The molecule has 3 rings (SSSR count). The van der Waals surface area contributed by atoms with Gasteiger partial charge in [-0.1, -0.05) is 39.7 Å². The minimum Gasteiger partial charge on any atom is -0.507 e. The van der Waals surface area contributed by atoms with E-state index in [4.69, 9.17) is 11.6 Å². The Labute approximate surface area is 196 Å². The van der Waals surface area contributed by atoms with Crippen LogP contribution < -0.4 is 16.1 Å². The first-order valence-electron chi connectivity index (χ1n) is 9.12. The summed E-state index contributed by atoms with van der Waals surface area (Å²) in [5.74, 6) is -2.60. The number of halogens is 2. The lowest BCUT2D eigenvalue weighted by Crippen LogP contribution is -2.33. The number of nitrogens with zero attached hydrogens (tertiary/aromatic N) is 1. The first-order chi connectivity index (χ1) is 15.3. The normalized spacial score (nSPS) is 10.6. The number of phenols is 1. The first-order valence-corrected chi connectivity index (χ1v) is 10.3. The smallest absolute Gasteiger partial charge is 0.329 e. The van der Waals surface area contributed by atoms with Gasteiger partial charge in [0.05, 0.1) is 17.5 Å². The van der Waals surface area contributed by atoms with Crippen LogP contribution in [-0.2, 0) is 9.59 Å². The molecule has 3 amide bonds. The lowest BCUT2D eigenvalue weighted by atomic mass is 10.1. The van der Waals surface area contributed by atoms with Crippen molar-refractivity contribution in [1.29, 1.82) is 0 Å². The number of para-hydroxylation sites is 1. The molecular formula is C22H16BrClN4O4. The van der Waals surface area contributed by atoms with Crippen LogP contribution in [0.2, 0.25) is 5.02 Å². The molecule has 10 heteroatoms. The van der Waals surface area contributed by atoms with E-state index in [1.54, 1.807) is 48.5 Å². The monoisotopic (exact) mass is 514 g/mol. The quantitative estimate of drug-likeness (QED) is 0.232. The Balaban J connectivity index is 1.65. The van der Waals surface area contributed by atoms with Crippen LogP contribution in [0.15, 0.2) is 76.3 Å². The molecule has 0 heterocycles. The number of anilines is 2. The average molecular weight is 516 g/mol. The molecule has 0 aliphatic carbocycles. The lowest BCUT2D eigenvalue weighted by molar-refractivity contribution is -0.136. The summed E-state index contributed by atoms with van der Waals surface area (Å²) in [5.41, 5.74) is 3.23. The van der Waals surface area contributed by atoms with E-state index >= 15 is 0 Å². The van der Waals surface area contributed by atoms with Crippen molar-refractivity contribution in [2.24, 2.45) is 5.10 Å². The minimum atomic E-state index is -1.05. The van der Waals surface area contributed by atoms with Crippen LogP contribution in [0.1, 0.15) is 15.9 Å². The fourth-order valence-electron chi connectivity index (χ4n) is 2.54. The molecule has 0 saturated heterocycles. The number of benzene rings is 3. The highest BCUT2D eigenvalue weighted by Crippen LogP contribution is 2.20. The number of carbonyl (C=O) groups is 3. The number of phenolic OH excluding ortho intramolecular Hbond substituents is 1. The predicted octanol–water partition coefficient (Wildman–Crippen LogP) is 4.15. The molecule has 3 aromatic carbocycles. The number of hydrazone groups is 1. The molecule has 0 saturated carbocycles. The second-order valence-electron chi connectivity index (χ2n) is 6.36. The van der Waals surface area contributed by atoms with Crippen LogP contribution in [0.25, 0.3) is 0 Å². The third-order valence-corrected chi connectivity index (χ3v) is 4.83. The van der Waals surface area contributed by atoms with E-state index in [1.165, 1.54) is 24.4 Å². The third kappa shape index (κ3) is 6.16. The van der Waals surface area contributed by atoms with E-state index < -0.39 is 17.7 Å². The van der Waals surface area contributed by atoms with Gasteiger partial charge in [0.2, 0.25) is 0 Å². The fraction of sp³-hybridized carbons (Fsp3) is 0. The van der Waals surface area contributed by atoms with Gasteiger partial charge < -0.3 is 15.7 Å². The largest absolute Gasteiger partial charge is 0.507 e. The van der Waals surface area contributed by atoms with Crippen molar-refractivity contribution in [2.75, 3.05) is 10.6 Å². The number of aromatic hydroxyl groups is 1. The molecule has 0 bridgehead atoms. The van der Waals surface area contributed by atoms with E-state index in [0.29, 0.717) is 20.7 Å². The summed E-state index contributed by atoms with van der Waals surface area (Å²) in [6.07, 6.45) is 1.19. The number of hydrogen-bond acceptors (Lipinski definition) is 5. The van der Waals surface area contributed by atoms with Gasteiger partial charge in [0.15, 0.2) is 0 Å². The van der Waals surface area contributed by atoms with Crippen LogP contribution in [0, 0.1) is 0 Å². The first kappa shape index (κ1) is 23.0. The third-order valence-electron chi connectivity index (χ3n) is 4.09. The Hall–Kier alpha value is -3.69. The van der Waals surface area contributed by atoms with Crippen molar-refractivity contribution in [3.63, 3.8) is 0 Å². The highest BCUT2D eigenvalue weighted by molar-refractivity contribution is 9.10. The highest BCUT2D eigenvalue weighted by atomic mass is 79.9. The van der Waals surface area contributed by atoms with Crippen LogP contribution in [0.3, 0.4) is 0 Å². The molecule has 8 nitrogen and oxygen atoms in total. The molecule has 0 aromatic heterocycles. The maximum Gasteiger partial charge on any atom is 0.329 e. The number of carbonyl (C=O) groups excluding carboxylic acids is 3. The maximum atomic E-state index is 12.6. The SMILES string of the molecule is O=C(N/N=C\c1cc(Br)ccc1O)C(=O)Nc1ccccc1C(=O)Nc1ccc(Cl)cc1. The standard InChI is InChI=1S/C22H16BrClN4O4/c23-14-5-10-19(29)13(11-14)12-25-28-22(32)21(31)27-18-4-2-1-3-17(18)20(30)26-16-8-6-15(24)7-9-16/h1-12,29H,(H,26,30)(H,27,31)(H,28,32)/b25-12-. The molecule has 0 aliphatic heterocycles. The van der Waals surface area contributed by atoms with Crippen LogP contribution >= 0.6 is 27.5 Å². The lowest BCUT2D eigenvalue weighted by Gasteiger charge is -2.11. The van der Waals surface area contributed by atoms with Gasteiger partial charge in [-0.05, 0) is 54.6 Å². The van der Waals surface area contributed by atoms with E-state index in [2.05, 4.69) is 37.1 Å². The van der Waals surface area contributed by atoms with Crippen LogP contribution in [0.5, 0.6) is 5.75 Å². The molecule has 0 aliphatic rings. The second-order valence-corrected chi connectivity index (χ2v) is 7.72. The van der Waals surface area contributed by atoms with Gasteiger partial charge in [0.1, 0.15) is 5.75 Å². The highest BCUT2D eigenvalue weighted by Gasteiger charge is 2.18. The van der Waals surface area contributed by atoms with Crippen molar-refractivity contribution in [2.45, 2.75) is 0 Å². The molecule has 0 fully saturated rings. The van der Waals surface area contributed by atoms with Gasteiger partial charge >= 0.3 is 11.8 Å². The zero-order valence-corrected chi connectivity index (χ0v) is 18.6. The Morgan fingerprint density at radius 3 is 2.41 bits per heavy atom. The van der Waals surface area contributed by atoms with Crippen molar-refractivity contribution in [3.8, 4) is 5.75 Å². The van der Waals surface area contributed by atoms with Crippen molar-refractivity contribution in [1.82, 2.24) is 5.43 Å². The Bertz CT molecular complexity index is 1200. The summed E-state index contributed by atoms with van der Waals surface area (Å²) in [4.78, 5) is 36.9.